The molecule has 1 unspecified atom stereocenters. The van der Waals surface area contributed by atoms with Crippen molar-refractivity contribution >= 4 is 5.97 Å². The predicted octanol–water partition coefficient (Wildman–Crippen LogP) is 2.38. The summed E-state index contributed by atoms with van der Waals surface area (Å²) in [6.07, 6.45) is 4.99. The summed E-state index contributed by atoms with van der Waals surface area (Å²) in [6.45, 7) is 4.36. The first-order valence-corrected chi connectivity index (χ1v) is 4.92. The fraction of sp³-hybridized carbons (Fsp3) is 0.900. The molecule has 12 heavy (non-hydrogen) atoms. The van der Waals surface area contributed by atoms with E-state index < -0.39 is 0 Å². The fourth-order valence-electron chi connectivity index (χ4n) is 1.92. The fourth-order valence-corrected chi connectivity index (χ4v) is 1.92. The molecule has 2 nitrogen and oxygen atoms in total. The lowest BCUT2D eigenvalue weighted by molar-refractivity contribution is -0.149. The monoisotopic (exact) mass is 170 g/mol. The van der Waals surface area contributed by atoms with Crippen LogP contribution in [0.25, 0.3) is 0 Å². The van der Waals surface area contributed by atoms with Crippen LogP contribution in [0.3, 0.4) is 0 Å². The third kappa shape index (κ3) is 2.23. The average Bonchev–Trinajstić information content (AvgIpc) is 2.55. The summed E-state index contributed by atoms with van der Waals surface area (Å²) in [5.74, 6) is 0.695. The smallest absolute Gasteiger partial charge is 0.308 e. The molecule has 0 N–H and O–H groups in total. The Morgan fingerprint density at radius 1 is 1.50 bits per heavy atom. The van der Waals surface area contributed by atoms with Gasteiger partial charge in [0, 0.05) is 0 Å². The van der Waals surface area contributed by atoms with Crippen molar-refractivity contribution < 1.29 is 9.53 Å². The molecule has 0 aromatic rings. The Bertz CT molecular complexity index is 148. The van der Waals surface area contributed by atoms with E-state index in [-0.39, 0.29) is 11.9 Å². The molecule has 0 aliphatic heterocycles. The van der Waals surface area contributed by atoms with Crippen LogP contribution in [-0.2, 0) is 9.53 Å². The van der Waals surface area contributed by atoms with Gasteiger partial charge in [0.1, 0.15) is 0 Å². The van der Waals surface area contributed by atoms with E-state index in [1.807, 2.05) is 13.8 Å². The van der Waals surface area contributed by atoms with Crippen LogP contribution in [0.1, 0.15) is 39.5 Å². The van der Waals surface area contributed by atoms with Crippen LogP contribution in [0.2, 0.25) is 0 Å². The SMILES string of the molecule is CCOC(=O)C(C)C1CCCC1. The molecular formula is C10H18O2. The average molecular weight is 170 g/mol. The quantitative estimate of drug-likeness (QED) is 0.608. The lowest BCUT2D eigenvalue weighted by Crippen LogP contribution is -2.21. The van der Waals surface area contributed by atoms with Crippen molar-refractivity contribution in [3.8, 4) is 0 Å². The molecule has 0 bridgehead atoms. The molecule has 0 aromatic heterocycles. The lowest BCUT2D eigenvalue weighted by atomic mass is 9.93. The zero-order chi connectivity index (χ0) is 8.97. The Balaban J connectivity index is 2.34. The van der Waals surface area contributed by atoms with Crippen molar-refractivity contribution in [1.29, 1.82) is 0 Å². The van der Waals surface area contributed by atoms with Crippen LogP contribution in [0.4, 0.5) is 0 Å². The standard InChI is InChI=1S/C10H18O2/c1-3-12-10(11)8(2)9-6-4-5-7-9/h8-9H,3-7H2,1-2H3. The molecule has 2 heteroatoms. The topological polar surface area (TPSA) is 26.3 Å². The highest BCUT2D eigenvalue weighted by Gasteiger charge is 2.27. The van der Waals surface area contributed by atoms with Gasteiger partial charge in [-0.15, -0.1) is 0 Å². The second-order valence-corrected chi connectivity index (χ2v) is 3.59. The third-order valence-corrected chi connectivity index (χ3v) is 2.77. The summed E-state index contributed by atoms with van der Waals surface area (Å²) in [6, 6.07) is 0. The van der Waals surface area contributed by atoms with Crippen LogP contribution in [-0.4, -0.2) is 12.6 Å². The van der Waals surface area contributed by atoms with E-state index in [1.165, 1.54) is 25.7 Å². The molecular weight excluding hydrogens is 152 g/mol. The van der Waals surface area contributed by atoms with Gasteiger partial charge in [-0.05, 0) is 25.7 Å². The van der Waals surface area contributed by atoms with Gasteiger partial charge in [0.25, 0.3) is 0 Å². The minimum atomic E-state index is -0.00981. The lowest BCUT2D eigenvalue weighted by Gasteiger charge is -2.16. The van der Waals surface area contributed by atoms with Gasteiger partial charge in [0.15, 0.2) is 0 Å². The van der Waals surface area contributed by atoms with Gasteiger partial charge in [-0.1, -0.05) is 19.8 Å². The van der Waals surface area contributed by atoms with Crippen LogP contribution >= 0.6 is 0 Å². The van der Waals surface area contributed by atoms with E-state index in [1.54, 1.807) is 0 Å². The second kappa shape index (κ2) is 4.48. The zero-order valence-corrected chi connectivity index (χ0v) is 8.01. The van der Waals surface area contributed by atoms with Crippen molar-refractivity contribution in [2.45, 2.75) is 39.5 Å². The van der Waals surface area contributed by atoms with Gasteiger partial charge in [0.2, 0.25) is 0 Å². The van der Waals surface area contributed by atoms with Crippen molar-refractivity contribution in [3.05, 3.63) is 0 Å². The minimum absolute atomic E-state index is 0.00981. The van der Waals surface area contributed by atoms with Gasteiger partial charge < -0.3 is 4.74 Å². The van der Waals surface area contributed by atoms with E-state index in [0.29, 0.717) is 12.5 Å². The van der Waals surface area contributed by atoms with Crippen LogP contribution in [0, 0.1) is 11.8 Å². The van der Waals surface area contributed by atoms with Crippen molar-refractivity contribution in [3.63, 3.8) is 0 Å². The molecule has 1 saturated carbocycles. The second-order valence-electron chi connectivity index (χ2n) is 3.59. The first-order valence-electron chi connectivity index (χ1n) is 4.92. The molecule has 70 valence electrons. The molecule has 1 aliphatic rings. The van der Waals surface area contributed by atoms with E-state index in [0.717, 1.165) is 0 Å². The number of esters is 1. The first kappa shape index (κ1) is 9.56. The number of carbonyl (C=O) groups excluding carboxylic acids is 1. The maximum atomic E-state index is 11.3. The van der Waals surface area contributed by atoms with Gasteiger partial charge in [-0.3, -0.25) is 4.79 Å². The maximum Gasteiger partial charge on any atom is 0.308 e. The third-order valence-electron chi connectivity index (χ3n) is 2.77. The van der Waals surface area contributed by atoms with Crippen LogP contribution in [0.5, 0.6) is 0 Å². The number of carbonyl (C=O) groups is 1. The number of hydrogen-bond acceptors (Lipinski definition) is 2. The normalized spacial score (nSPS) is 20.8. The number of hydrogen-bond donors (Lipinski definition) is 0. The minimum Gasteiger partial charge on any atom is -0.466 e. The van der Waals surface area contributed by atoms with E-state index >= 15 is 0 Å². The molecule has 0 aromatic carbocycles. The molecule has 1 rings (SSSR count). The summed E-state index contributed by atoms with van der Waals surface area (Å²) in [5, 5.41) is 0. The van der Waals surface area contributed by atoms with Gasteiger partial charge >= 0.3 is 5.97 Å². The summed E-state index contributed by atoms with van der Waals surface area (Å²) >= 11 is 0. The predicted molar refractivity (Wildman–Crippen MR) is 47.8 cm³/mol. The van der Waals surface area contributed by atoms with Crippen molar-refractivity contribution in [2.24, 2.45) is 11.8 Å². The molecule has 1 fully saturated rings. The Labute approximate surface area is 74.3 Å². The Morgan fingerprint density at radius 3 is 2.58 bits per heavy atom. The molecule has 0 amide bonds. The van der Waals surface area contributed by atoms with Gasteiger partial charge in [-0.2, -0.15) is 0 Å². The summed E-state index contributed by atoms with van der Waals surface area (Å²) in [4.78, 5) is 11.3. The highest BCUT2D eigenvalue weighted by molar-refractivity contribution is 5.72. The van der Waals surface area contributed by atoms with Gasteiger partial charge in [-0.25, -0.2) is 0 Å². The Kier molecular flexibility index (Phi) is 3.57. The Morgan fingerprint density at radius 2 is 2.08 bits per heavy atom. The van der Waals surface area contributed by atoms with E-state index in [4.69, 9.17) is 4.74 Å². The summed E-state index contributed by atoms with van der Waals surface area (Å²) in [7, 11) is 0. The summed E-state index contributed by atoms with van der Waals surface area (Å²) < 4.78 is 4.98. The molecule has 1 aliphatic carbocycles. The largest absolute Gasteiger partial charge is 0.466 e. The highest BCUT2D eigenvalue weighted by Crippen LogP contribution is 2.31. The molecule has 0 radical (unpaired) electrons. The van der Waals surface area contributed by atoms with E-state index in [2.05, 4.69) is 0 Å². The highest BCUT2D eigenvalue weighted by atomic mass is 16.5. The number of rotatable bonds is 3. The molecule has 1 atom stereocenters. The van der Waals surface area contributed by atoms with Gasteiger partial charge in [0.05, 0.1) is 12.5 Å². The summed E-state index contributed by atoms with van der Waals surface area (Å²) in [5.41, 5.74) is 0. The van der Waals surface area contributed by atoms with Crippen LogP contribution < -0.4 is 0 Å². The van der Waals surface area contributed by atoms with Crippen molar-refractivity contribution in [2.75, 3.05) is 6.61 Å². The maximum absolute atomic E-state index is 11.3. The molecule has 0 saturated heterocycles. The molecule has 0 spiro atoms. The van der Waals surface area contributed by atoms with E-state index in [9.17, 15) is 4.79 Å². The van der Waals surface area contributed by atoms with Crippen molar-refractivity contribution in [1.82, 2.24) is 0 Å². The molecule has 0 heterocycles. The Hall–Kier alpha value is -0.530. The zero-order valence-electron chi connectivity index (χ0n) is 8.01. The number of ether oxygens (including phenoxy) is 1. The van der Waals surface area contributed by atoms with Crippen LogP contribution in [0.15, 0.2) is 0 Å². The first-order chi connectivity index (χ1) is 5.75.